The molecule has 0 bridgehead atoms. The van der Waals surface area contributed by atoms with Gasteiger partial charge in [0.1, 0.15) is 12.4 Å². The smallest absolute Gasteiger partial charge is 0.337 e. The van der Waals surface area contributed by atoms with Crippen molar-refractivity contribution in [2.75, 3.05) is 13.7 Å². The number of benzene rings is 1. The first-order valence-corrected chi connectivity index (χ1v) is 5.77. The van der Waals surface area contributed by atoms with Crippen LogP contribution in [0.5, 0.6) is 5.75 Å². The molecule has 1 unspecified atom stereocenters. The second-order valence-electron chi connectivity index (χ2n) is 4.33. The summed E-state index contributed by atoms with van der Waals surface area (Å²) in [5, 5.41) is 0. The SMILES string of the molecule is COC(=O)c1ccc(OCC(N)C2CC2)cc1. The molecule has 0 saturated heterocycles. The van der Waals surface area contributed by atoms with Crippen molar-refractivity contribution >= 4 is 5.97 Å². The van der Waals surface area contributed by atoms with Gasteiger partial charge in [-0.1, -0.05) is 0 Å². The fraction of sp³-hybridized carbons (Fsp3) is 0.462. The van der Waals surface area contributed by atoms with E-state index in [2.05, 4.69) is 4.74 Å². The van der Waals surface area contributed by atoms with Crippen LogP contribution in [0.1, 0.15) is 23.2 Å². The summed E-state index contributed by atoms with van der Waals surface area (Å²) < 4.78 is 10.2. The quantitative estimate of drug-likeness (QED) is 0.787. The van der Waals surface area contributed by atoms with Gasteiger partial charge in [-0.3, -0.25) is 0 Å². The molecule has 1 saturated carbocycles. The summed E-state index contributed by atoms with van der Waals surface area (Å²) in [5.41, 5.74) is 6.45. The number of ether oxygens (including phenoxy) is 2. The number of hydrogen-bond donors (Lipinski definition) is 1. The summed E-state index contributed by atoms with van der Waals surface area (Å²) in [6.45, 7) is 0.530. The van der Waals surface area contributed by atoms with Gasteiger partial charge in [0.2, 0.25) is 0 Å². The van der Waals surface area contributed by atoms with Gasteiger partial charge >= 0.3 is 5.97 Å². The fourth-order valence-corrected chi connectivity index (χ4v) is 1.66. The summed E-state index contributed by atoms with van der Waals surface area (Å²) in [6, 6.07) is 7.00. The average molecular weight is 235 g/mol. The molecule has 0 aromatic heterocycles. The van der Waals surface area contributed by atoms with Gasteiger partial charge in [-0.2, -0.15) is 0 Å². The first-order chi connectivity index (χ1) is 8.20. The van der Waals surface area contributed by atoms with E-state index in [1.165, 1.54) is 20.0 Å². The second-order valence-corrected chi connectivity index (χ2v) is 4.33. The van der Waals surface area contributed by atoms with E-state index in [1.807, 2.05) is 0 Å². The summed E-state index contributed by atoms with van der Waals surface area (Å²) in [5.74, 6) is 1.02. The molecule has 1 aliphatic rings. The lowest BCUT2D eigenvalue weighted by Gasteiger charge is -2.12. The van der Waals surface area contributed by atoms with E-state index in [4.69, 9.17) is 10.5 Å². The number of rotatable bonds is 5. The minimum Gasteiger partial charge on any atom is -0.492 e. The summed E-state index contributed by atoms with van der Waals surface area (Å²) in [4.78, 5) is 11.2. The second kappa shape index (κ2) is 5.19. The number of methoxy groups -OCH3 is 1. The van der Waals surface area contributed by atoms with Crippen LogP contribution in [0.25, 0.3) is 0 Å². The standard InChI is InChI=1S/C13H17NO3/c1-16-13(15)10-4-6-11(7-5-10)17-8-12(14)9-2-3-9/h4-7,9,12H,2-3,8,14H2,1H3. The van der Waals surface area contributed by atoms with E-state index >= 15 is 0 Å². The van der Waals surface area contributed by atoms with E-state index in [0.29, 0.717) is 18.1 Å². The molecule has 1 atom stereocenters. The molecule has 0 amide bonds. The molecule has 0 spiro atoms. The van der Waals surface area contributed by atoms with E-state index in [1.54, 1.807) is 24.3 Å². The van der Waals surface area contributed by atoms with Crippen molar-refractivity contribution in [3.63, 3.8) is 0 Å². The summed E-state index contributed by atoms with van der Waals surface area (Å²) in [7, 11) is 1.36. The number of carbonyl (C=O) groups is 1. The molecule has 2 rings (SSSR count). The van der Waals surface area contributed by atoms with Crippen LogP contribution in [0, 0.1) is 5.92 Å². The molecule has 17 heavy (non-hydrogen) atoms. The zero-order chi connectivity index (χ0) is 12.3. The van der Waals surface area contributed by atoms with Crippen LogP contribution in [0.15, 0.2) is 24.3 Å². The topological polar surface area (TPSA) is 61.5 Å². The Hall–Kier alpha value is -1.55. The highest BCUT2D eigenvalue weighted by molar-refractivity contribution is 5.89. The van der Waals surface area contributed by atoms with Gasteiger partial charge in [0, 0.05) is 6.04 Å². The molecule has 92 valence electrons. The number of carbonyl (C=O) groups excluding carboxylic acids is 1. The van der Waals surface area contributed by atoms with Gasteiger partial charge in [-0.25, -0.2) is 4.79 Å². The Kier molecular flexibility index (Phi) is 3.64. The van der Waals surface area contributed by atoms with E-state index in [9.17, 15) is 4.79 Å². The van der Waals surface area contributed by atoms with Crippen LogP contribution in [-0.2, 0) is 4.74 Å². The minimum atomic E-state index is -0.341. The number of hydrogen-bond acceptors (Lipinski definition) is 4. The Labute approximate surface area is 101 Å². The lowest BCUT2D eigenvalue weighted by Crippen LogP contribution is -2.29. The predicted molar refractivity (Wildman–Crippen MR) is 64.0 cm³/mol. The van der Waals surface area contributed by atoms with Crippen LogP contribution >= 0.6 is 0 Å². The molecule has 0 radical (unpaired) electrons. The Balaban J connectivity index is 1.86. The van der Waals surface area contributed by atoms with Gasteiger partial charge in [0.25, 0.3) is 0 Å². The normalized spacial score (nSPS) is 16.4. The summed E-state index contributed by atoms with van der Waals surface area (Å²) in [6.07, 6.45) is 2.43. The minimum absolute atomic E-state index is 0.121. The van der Waals surface area contributed by atoms with Crippen molar-refractivity contribution in [3.05, 3.63) is 29.8 Å². The first-order valence-electron chi connectivity index (χ1n) is 5.77. The highest BCUT2D eigenvalue weighted by atomic mass is 16.5. The Bertz CT molecular complexity index is 384. The highest BCUT2D eigenvalue weighted by Crippen LogP contribution is 2.31. The number of esters is 1. The predicted octanol–water partition coefficient (Wildman–Crippen LogP) is 1.59. The van der Waals surface area contributed by atoms with Crippen molar-refractivity contribution in [3.8, 4) is 5.75 Å². The van der Waals surface area contributed by atoms with Crippen molar-refractivity contribution in [1.82, 2.24) is 0 Å². The van der Waals surface area contributed by atoms with Crippen molar-refractivity contribution in [1.29, 1.82) is 0 Å². The van der Waals surface area contributed by atoms with Crippen LogP contribution in [0.4, 0.5) is 0 Å². The van der Waals surface area contributed by atoms with Crippen molar-refractivity contribution in [2.24, 2.45) is 11.7 Å². The van der Waals surface area contributed by atoms with Crippen molar-refractivity contribution in [2.45, 2.75) is 18.9 Å². The van der Waals surface area contributed by atoms with Gasteiger partial charge in [0.05, 0.1) is 12.7 Å². The molecule has 1 aliphatic carbocycles. The molecule has 1 fully saturated rings. The largest absolute Gasteiger partial charge is 0.492 e. The Morgan fingerprint density at radius 1 is 1.41 bits per heavy atom. The maximum atomic E-state index is 11.2. The van der Waals surface area contributed by atoms with Crippen molar-refractivity contribution < 1.29 is 14.3 Å². The van der Waals surface area contributed by atoms with Gasteiger partial charge in [0.15, 0.2) is 0 Å². The molecular weight excluding hydrogens is 218 g/mol. The molecule has 2 N–H and O–H groups in total. The van der Waals surface area contributed by atoms with Crippen LogP contribution in [0.2, 0.25) is 0 Å². The van der Waals surface area contributed by atoms with Crippen LogP contribution < -0.4 is 10.5 Å². The maximum absolute atomic E-state index is 11.2. The maximum Gasteiger partial charge on any atom is 0.337 e. The molecule has 0 aliphatic heterocycles. The lowest BCUT2D eigenvalue weighted by atomic mass is 10.2. The average Bonchev–Trinajstić information content (AvgIpc) is 3.20. The van der Waals surface area contributed by atoms with Gasteiger partial charge in [-0.15, -0.1) is 0 Å². The molecule has 1 aromatic rings. The molecular formula is C13H17NO3. The van der Waals surface area contributed by atoms with Crippen LogP contribution in [-0.4, -0.2) is 25.7 Å². The molecule has 4 nitrogen and oxygen atoms in total. The third-order valence-corrected chi connectivity index (χ3v) is 2.95. The molecule has 4 heteroatoms. The number of nitrogens with two attached hydrogens (primary N) is 1. The van der Waals surface area contributed by atoms with Crippen LogP contribution in [0.3, 0.4) is 0 Å². The highest BCUT2D eigenvalue weighted by Gasteiger charge is 2.28. The molecule has 0 heterocycles. The molecule has 1 aromatic carbocycles. The lowest BCUT2D eigenvalue weighted by molar-refractivity contribution is 0.0600. The zero-order valence-electron chi connectivity index (χ0n) is 9.89. The Morgan fingerprint density at radius 2 is 2.06 bits per heavy atom. The monoisotopic (exact) mass is 235 g/mol. The van der Waals surface area contributed by atoms with Gasteiger partial charge in [-0.05, 0) is 43.0 Å². The van der Waals surface area contributed by atoms with E-state index < -0.39 is 0 Å². The zero-order valence-corrected chi connectivity index (χ0v) is 9.89. The van der Waals surface area contributed by atoms with E-state index in [0.717, 1.165) is 5.75 Å². The fourth-order valence-electron chi connectivity index (χ4n) is 1.66. The first kappa shape index (κ1) is 11.9. The van der Waals surface area contributed by atoms with Gasteiger partial charge < -0.3 is 15.2 Å². The Morgan fingerprint density at radius 3 is 2.59 bits per heavy atom. The summed E-state index contributed by atoms with van der Waals surface area (Å²) >= 11 is 0. The third-order valence-electron chi connectivity index (χ3n) is 2.95. The van der Waals surface area contributed by atoms with E-state index in [-0.39, 0.29) is 12.0 Å². The third kappa shape index (κ3) is 3.20.